The number of rotatable bonds is 5. The normalized spacial score (nSPS) is 8.76. The number of aromatic nitrogens is 3. The van der Waals surface area contributed by atoms with E-state index in [1.807, 2.05) is 0 Å². The number of H-pyrrole nitrogens is 1. The molecule has 1 rings (SSSR count). The van der Waals surface area contributed by atoms with Crippen molar-refractivity contribution in [1.82, 2.24) is 25.8 Å². The molecule has 0 amide bonds. The summed E-state index contributed by atoms with van der Waals surface area (Å²) in [5.74, 6) is 1.14. The molecule has 0 saturated heterocycles. The summed E-state index contributed by atoms with van der Waals surface area (Å²) in [6, 6.07) is 0. The average Bonchev–Trinajstić information content (AvgIpc) is 2.63. The molecule has 0 aromatic carbocycles. The highest BCUT2D eigenvalue weighted by Crippen LogP contribution is 1.99. The highest BCUT2D eigenvalue weighted by molar-refractivity contribution is 7.80. The van der Waals surface area contributed by atoms with Gasteiger partial charge >= 0.3 is 0 Å². The Hall–Kier alpha value is -0.790. The van der Waals surface area contributed by atoms with Crippen molar-refractivity contribution in [3.63, 3.8) is 0 Å². The fourth-order valence-corrected chi connectivity index (χ4v) is 1.23. The Morgan fingerprint density at radius 2 is 2.12 bits per heavy atom. The second-order valence-electron chi connectivity index (χ2n) is 3.10. The zero-order valence-corrected chi connectivity index (χ0v) is 12.0. The molecule has 1 heterocycles. The third-order valence-electron chi connectivity index (χ3n) is 1.90. The lowest BCUT2D eigenvalue weighted by molar-refractivity contribution is 0.688. The molecule has 0 aliphatic rings. The molecule has 0 unspecified atom stereocenters. The fourth-order valence-electron chi connectivity index (χ4n) is 1.13. The van der Waals surface area contributed by atoms with Crippen LogP contribution in [0.3, 0.4) is 0 Å². The molecule has 0 radical (unpaired) electrons. The molecule has 0 saturated carbocycles. The minimum Gasteiger partial charge on any atom is -0.367 e. The van der Waals surface area contributed by atoms with Gasteiger partial charge in [-0.05, 0) is 25.1 Å². The maximum absolute atomic E-state index is 5.38. The molecular weight excluding hydrogens is 283 g/mol. The van der Waals surface area contributed by atoms with Crippen molar-refractivity contribution in [2.45, 2.75) is 19.3 Å². The molecule has 5 N–H and O–H groups in total. The summed E-state index contributed by atoms with van der Waals surface area (Å²) in [4.78, 5) is 4.01. The number of nitrogens with zero attached hydrogens (tertiary/aromatic N) is 2. The van der Waals surface area contributed by atoms with Crippen molar-refractivity contribution in [1.29, 1.82) is 0 Å². The van der Waals surface area contributed by atoms with E-state index in [1.165, 1.54) is 0 Å². The Kier molecular flexibility index (Phi) is 11.3. The first-order chi connectivity index (χ1) is 7.22. The van der Waals surface area contributed by atoms with Crippen molar-refractivity contribution in [3.05, 3.63) is 5.82 Å². The van der Waals surface area contributed by atoms with Crippen LogP contribution in [-0.2, 0) is 6.42 Å². The van der Waals surface area contributed by atoms with Crippen LogP contribution in [0.4, 0.5) is 5.95 Å². The first-order valence-corrected chi connectivity index (χ1v) is 5.25. The van der Waals surface area contributed by atoms with Gasteiger partial charge in [-0.3, -0.25) is 5.10 Å². The van der Waals surface area contributed by atoms with Crippen LogP contribution in [0.15, 0.2) is 0 Å². The predicted octanol–water partition coefficient (Wildman–Crippen LogP) is 0.647. The summed E-state index contributed by atoms with van der Waals surface area (Å²) >= 11 is 4.93. The molecule has 9 heteroatoms. The van der Waals surface area contributed by atoms with Gasteiger partial charge in [-0.2, -0.15) is 4.98 Å². The second kappa shape index (κ2) is 10.4. The highest BCUT2D eigenvalue weighted by atomic mass is 35.5. The van der Waals surface area contributed by atoms with Crippen LogP contribution >= 0.6 is 37.0 Å². The number of hydrogen-bond donors (Lipinski definition) is 4. The number of aryl methyl sites for hydroxylation is 1. The summed E-state index contributed by atoms with van der Waals surface area (Å²) in [6.07, 6.45) is 2.91. The zero-order valence-electron chi connectivity index (χ0n) is 9.52. The van der Waals surface area contributed by atoms with Crippen LogP contribution in [-0.4, -0.2) is 33.9 Å². The first kappa shape index (κ1) is 18.6. The third kappa shape index (κ3) is 8.00. The van der Waals surface area contributed by atoms with Gasteiger partial charge in [-0.15, -0.1) is 29.9 Å². The van der Waals surface area contributed by atoms with Crippen LogP contribution in [0, 0.1) is 0 Å². The van der Waals surface area contributed by atoms with Crippen molar-refractivity contribution >= 4 is 48.1 Å². The molecule has 1 aromatic rings. The number of anilines is 1. The molecule has 0 atom stereocenters. The van der Waals surface area contributed by atoms with Crippen LogP contribution in [0.5, 0.6) is 0 Å². The molecule has 17 heavy (non-hydrogen) atoms. The first-order valence-electron chi connectivity index (χ1n) is 4.84. The van der Waals surface area contributed by atoms with Gasteiger partial charge in [0, 0.05) is 20.0 Å². The van der Waals surface area contributed by atoms with Gasteiger partial charge in [-0.1, -0.05) is 0 Å². The van der Waals surface area contributed by atoms with Crippen molar-refractivity contribution < 1.29 is 0 Å². The Bertz CT molecular complexity index is 319. The Morgan fingerprint density at radius 3 is 2.65 bits per heavy atom. The van der Waals surface area contributed by atoms with Gasteiger partial charge in [0.25, 0.3) is 0 Å². The molecule has 100 valence electrons. The lowest BCUT2D eigenvalue weighted by atomic mass is 10.2. The fraction of sp³-hybridized carbons (Fsp3) is 0.625. The number of halogens is 2. The lowest BCUT2D eigenvalue weighted by Crippen LogP contribution is -2.32. The zero-order chi connectivity index (χ0) is 11.1. The number of nitrogen functional groups attached to an aromatic ring is 1. The minimum absolute atomic E-state index is 0. The van der Waals surface area contributed by atoms with Crippen LogP contribution < -0.4 is 16.4 Å². The Labute approximate surface area is 118 Å². The molecule has 1 aromatic heterocycles. The van der Waals surface area contributed by atoms with E-state index in [-0.39, 0.29) is 24.8 Å². The monoisotopic (exact) mass is 300 g/mol. The van der Waals surface area contributed by atoms with E-state index in [0.717, 1.165) is 31.6 Å². The SMILES string of the molecule is CNC(=S)NCCCCc1nc(N)n[nH]1.Cl.Cl. The summed E-state index contributed by atoms with van der Waals surface area (Å²) in [5.41, 5.74) is 5.38. The standard InChI is InChI=1S/C8H16N6S.2ClH/c1-10-8(15)11-5-3-2-4-6-12-7(9)14-13-6;;/h2-5H2,1H3,(H2,10,11,15)(H3,9,12,13,14);2*1H. The number of thiocarbonyl (C=S) groups is 1. The number of unbranched alkanes of at least 4 members (excludes halogenated alkanes) is 1. The molecule has 6 nitrogen and oxygen atoms in total. The largest absolute Gasteiger partial charge is 0.367 e. The van der Waals surface area contributed by atoms with Gasteiger partial charge in [0.2, 0.25) is 5.95 Å². The third-order valence-corrected chi connectivity index (χ3v) is 2.25. The van der Waals surface area contributed by atoms with Gasteiger partial charge < -0.3 is 16.4 Å². The van der Waals surface area contributed by atoms with Crippen LogP contribution in [0.1, 0.15) is 18.7 Å². The number of nitrogens with one attached hydrogen (secondary N) is 3. The van der Waals surface area contributed by atoms with Gasteiger partial charge in [0.1, 0.15) is 5.82 Å². The molecule has 0 bridgehead atoms. The quantitative estimate of drug-likeness (QED) is 0.471. The molecule has 0 aliphatic heterocycles. The summed E-state index contributed by atoms with van der Waals surface area (Å²) in [5, 5.41) is 13.1. The van der Waals surface area contributed by atoms with Crippen LogP contribution in [0.25, 0.3) is 0 Å². The highest BCUT2D eigenvalue weighted by Gasteiger charge is 1.98. The number of hydrogen-bond acceptors (Lipinski definition) is 4. The topological polar surface area (TPSA) is 91.7 Å². The maximum Gasteiger partial charge on any atom is 0.239 e. The van der Waals surface area contributed by atoms with Gasteiger partial charge in [-0.25, -0.2) is 0 Å². The summed E-state index contributed by atoms with van der Waals surface area (Å²) < 4.78 is 0. The van der Waals surface area contributed by atoms with E-state index in [4.69, 9.17) is 18.0 Å². The summed E-state index contributed by atoms with van der Waals surface area (Å²) in [7, 11) is 1.80. The number of aromatic amines is 1. The van der Waals surface area contributed by atoms with E-state index in [1.54, 1.807) is 7.05 Å². The van der Waals surface area contributed by atoms with Gasteiger partial charge in [0.05, 0.1) is 0 Å². The molecule has 0 spiro atoms. The van der Waals surface area contributed by atoms with Crippen molar-refractivity contribution in [2.24, 2.45) is 0 Å². The van der Waals surface area contributed by atoms with E-state index in [0.29, 0.717) is 11.1 Å². The Morgan fingerprint density at radius 1 is 1.41 bits per heavy atom. The second-order valence-corrected chi connectivity index (χ2v) is 3.51. The predicted molar refractivity (Wildman–Crippen MR) is 77.9 cm³/mol. The maximum atomic E-state index is 5.38. The van der Waals surface area contributed by atoms with Crippen molar-refractivity contribution in [3.8, 4) is 0 Å². The van der Waals surface area contributed by atoms with Crippen LogP contribution in [0.2, 0.25) is 0 Å². The molecular formula is C8H18Cl2N6S. The van der Waals surface area contributed by atoms with Gasteiger partial charge in [0.15, 0.2) is 5.11 Å². The van der Waals surface area contributed by atoms with Crippen molar-refractivity contribution in [2.75, 3.05) is 19.3 Å². The number of nitrogens with two attached hydrogens (primary N) is 1. The van der Waals surface area contributed by atoms with E-state index in [2.05, 4.69) is 25.8 Å². The minimum atomic E-state index is 0. The van der Waals surface area contributed by atoms with E-state index >= 15 is 0 Å². The van der Waals surface area contributed by atoms with E-state index < -0.39 is 0 Å². The average molecular weight is 301 g/mol. The summed E-state index contributed by atoms with van der Waals surface area (Å²) in [6.45, 7) is 0.864. The molecule has 0 fully saturated rings. The smallest absolute Gasteiger partial charge is 0.239 e. The Balaban J connectivity index is 0. The van der Waals surface area contributed by atoms with E-state index in [9.17, 15) is 0 Å². The molecule has 0 aliphatic carbocycles. The lowest BCUT2D eigenvalue weighted by Gasteiger charge is -2.05.